The van der Waals surface area contributed by atoms with Crippen LogP contribution in [0.2, 0.25) is 10.0 Å². The monoisotopic (exact) mass is 386 g/mol. The number of nitrogens with zero attached hydrogens (tertiary/aromatic N) is 2. The molecule has 1 N–H and O–H groups in total. The maximum Gasteiger partial charge on any atom is 0.243 e. The summed E-state index contributed by atoms with van der Waals surface area (Å²) in [5.41, 5.74) is 1.22. The first kappa shape index (κ1) is 14.7. The summed E-state index contributed by atoms with van der Waals surface area (Å²) in [5.74, 6) is 0.673. The minimum absolute atomic E-state index is 0.206. The molecule has 0 aliphatic carbocycles. The SMILES string of the molecule is OCc1c(Oc2cc(Cl)c(Br)cc2Cl)nc2ccccn12. The van der Waals surface area contributed by atoms with E-state index in [-0.39, 0.29) is 6.61 Å². The van der Waals surface area contributed by atoms with Gasteiger partial charge >= 0.3 is 0 Å². The number of rotatable bonds is 3. The summed E-state index contributed by atoms with van der Waals surface area (Å²) in [4.78, 5) is 4.34. The van der Waals surface area contributed by atoms with Crippen molar-refractivity contribution in [3.8, 4) is 11.6 Å². The number of hydrogen-bond donors (Lipinski definition) is 1. The zero-order valence-electron chi connectivity index (χ0n) is 10.6. The molecule has 0 fully saturated rings. The number of halogens is 3. The summed E-state index contributed by atoms with van der Waals surface area (Å²) in [6, 6.07) is 8.77. The first-order valence-corrected chi connectivity index (χ1v) is 7.54. The van der Waals surface area contributed by atoms with Crippen LogP contribution in [0.4, 0.5) is 0 Å². The van der Waals surface area contributed by atoms with Crippen molar-refractivity contribution in [3.63, 3.8) is 0 Å². The Balaban J connectivity index is 2.08. The Bertz CT molecular complexity index is 820. The van der Waals surface area contributed by atoms with Gasteiger partial charge in [-0.15, -0.1) is 0 Å². The van der Waals surface area contributed by atoms with Crippen molar-refractivity contribution in [2.75, 3.05) is 0 Å². The van der Waals surface area contributed by atoms with Crippen LogP contribution in [0.5, 0.6) is 11.6 Å². The highest BCUT2D eigenvalue weighted by Gasteiger charge is 2.15. The summed E-state index contributed by atoms with van der Waals surface area (Å²) in [5, 5.41) is 10.4. The lowest BCUT2D eigenvalue weighted by Gasteiger charge is -2.08. The van der Waals surface area contributed by atoms with E-state index in [1.54, 1.807) is 22.7 Å². The number of imidazole rings is 1. The first-order valence-electron chi connectivity index (χ1n) is 5.99. The number of benzene rings is 1. The van der Waals surface area contributed by atoms with Gasteiger partial charge in [0.25, 0.3) is 0 Å². The molecular formula is C14H9BrCl2N2O2. The van der Waals surface area contributed by atoms with Gasteiger partial charge in [-0.05, 0) is 34.1 Å². The lowest BCUT2D eigenvalue weighted by Crippen LogP contribution is -1.95. The van der Waals surface area contributed by atoms with Crippen LogP contribution in [0.1, 0.15) is 5.69 Å². The molecule has 0 radical (unpaired) electrons. The van der Waals surface area contributed by atoms with Crippen molar-refractivity contribution in [2.24, 2.45) is 0 Å². The van der Waals surface area contributed by atoms with Gasteiger partial charge in [-0.1, -0.05) is 29.3 Å². The van der Waals surface area contributed by atoms with Crippen molar-refractivity contribution >= 4 is 44.8 Å². The number of aliphatic hydroxyl groups excluding tert-OH is 1. The highest BCUT2D eigenvalue weighted by Crippen LogP contribution is 2.37. The highest BCUT2D eigenvalue weighted by molar-refractivity contribution is 9.10. The Morgan fingerprint density at radius 1 is 1.24 bits per heavy atom. The van der Waals surface area contributed by atoms with Crippen LogP contribution in [0, 0.1) is 0 Å². The predicted octanol–water partition coefficient (Wildman–Crippen LogP) is 4.69. The molecular weight excluding hydrogens is 379 g/mol. The molecule has 3 aromatic rings. The molecule has 0 bridgehead atoms. The molecule has 2 heterocycles. The van der Waals surface area contributed by atoms with E-state index in [1.165, 1.54) is 0 Å². The molecule has 0 aliphatic heterocycles. The lowest BCUT2D eigenvalue weighted by atomic mass is 10.3. The predicted molar refractivity (Wildman–Crippen MR) is 85.4 cm³/mol. The van der Waals surface area contributed by atoms with Crippen LogP contribution in [0.3, 0.4) is 0 Å². The van der Waals surface area contributed by atoms with E-state index >= 15 is 0 Å². The van der Waals surface area contributed by atoms with E-state index in [0.717, 1.165) is 0 Å². The summed E-state index contributed by atoms with van der Waals surface area (Å²) in [6.07, 6.45) is 1.80. The molecule has 0 unspecified atom stereocenters. The summed E-state index contributed by atoms with van der Waals surface area (Å²) < 4.78 is 8.16. The van der Waals surface area contributed by atoms with Gasteiger partial charge in [-0.2, -0.15) is 4.98 Å². The molecule has 2 aromatic heterocycles. The third kappa shape index (κ3) is 2.74. The number of hydrogen-bond acceptors (Lipinski definition) is 3. The smallest absolute Gasteiger partial charge is 0.243 e. The highest BCUT2D eigenvalue weighted by atomic mass is 79.9. The average Bonchev–Trinajstić information content (AvgIpc) is 2.81. The first-order chi connectivity index (χ1) is 10.1. The largest absolute Gasteiger partial charge is 0.436 e. The summed E-state index contributed by atoms with van der Waals surface area (Å²) in [6.45, 7) is -0.206. The number of aromatic nitrogens is 2. The summed E-state index contributed by atoms with van der Waals surface area (Å²) >= 11 is 15.5. The van der Waals surface area contributed by atoms with E-state index < -0.39 is 0 Å². The van der Waals surface area contributed by atoms with Crippen molar-refractivity contribution in [1.29, 1.82) is 0 Å². The Kier molecular flexibility index (Phi) is 4.08. The number of pyridine rings is 1. The topological polar surface area (TPSA) is 46.8 Å². The maximum atomic E-state index is 9.54. The van der Waals surface area contributed by atoms with Crippen molar-refractivity contribution in [2.45, 2.75) is 6.61 Å². The minimum Gasteiger partial charge on any atom is -0.436 e. The quantitative estimate of drug-likeness (QED) is 0.663. The van der Waals surface area contributed by atoms with Crippen LogP contribution in [-0.4, -0.2) is 14.5 Å². The van der Waals surface area contributed by atoms with E-state index in [2.05, 4.69) is 20.9 Å². The third-order valence-corrected chi connectivity index (χ3v) is 4.42. The normalized spacial score (nSPS) is 11.0. The van der Waals surface area contributed by atoms with Gasteiger partial charge in [0.2, 0.25) is 5.88 Å². The lowest BCUT2D eigenvalue weighted by molar-refractivity contribution is 0.269. The van der Waals surface area contributed by atoms with Crippen molar-refractivity contribution in [3.05, 3.63) is 56.7 Å². The molecule has 0 spiro atoms. The van der Waals surface area contributed by atoms with Gasteiger partial charge in [-0.3, -0.25) is 4.40 Å². The molecule has 3 rings (SSSR count). The molecule has 21 heavy (non-hydrogen) atoms. The Morgan fingerprint density at radius 3 is 2.81 bits per heavy atom. The maximum absolute atomic E-state index is 9.54. The van der Waals surface area contributed by atoms with Crippen LogP contribution in [-0.2, 0) is 6.61 Å². The molecule has 0 aliphatic rings. The second kappa shape index (κ2) is 5.85. The second-order valence-corrected chi connectivity index (χ2v) is 5.92. The number of fused-ring (bicyclic) bond motifs is 1. The average molecular weight is 388 g/mol. The number of ether oxygens (including phenoxy) is 1. The van der Waals surface area contributed by atoms with Crippen LogP contribution in [0.15, 0.2) is 41.0 Å². The summed E-state index contributed by atoms with van der Waals surface area (Å²) in [7, 11) is 0. The van der Waals surface area contributed by atoms with E-state index in [0.29, 0.717) is 37.5 Å². The van der Waals surface area contributed by atoms with Crippen molar-refractivity contribution in [1.82, 2.24) is 9.38 Å². The van der Waals surface area contributed by atoms with Gasteiger partial charge in [0.15, 0.2) is 0 Å². The zero-order valence-corrected chi connectivity index (χ0v) is 13.7. The Hall–Kier alpha value is -1.27. The van der Waals surface area contributed by atoms with Gasteiger partial charge in [0.05, 0.1) is 16.7 Å². The fourth-order valence-electron chi connectivity index (χ4n) is 1.94. The molecule has 0 atom stereocenters. The molecule has 0 amide bonds. The molecule has 0 saturated carbocycles. The Morgan fingerprint density at radius 2 is 2.05 bits per heavy atom. The molecule has 4 nitrogen and oxygen atoms in total. The second-order valence-electron chi connectivity index (χ2n) is 4.25. The molecule has 1 aromatic carbocycles. The minimum atomic E-state index is -0.206. The fourth-order valence-corrected chi connectivity index (χ4v) is 2.77. The van der Waals surface area contributed by atoms with Crippen LogP contribution >= 0.6 is 39.1 Å². The number of aliphatic hydroxyl groups is 1. The van der Waals surface area contributed by atoms with E-state index in [9.17, 15) is 5.11 Å². The fraction of sp³-hybridized carbons (Fsp3) is 0.0714. The standard InChI is InChI=1S/C14H9BrCl2N2O2/c15-8-5-10(17)12(6-9(8)16)21-14-11(7-20)19-4-2-1-3-13(19)18-14/h1-6,20H,7H2. The molecule has 0 saturated heterocycles. The molecule has 108 valence electrons. The third-order valence-electron chi connectivity index (χ3n) is 2.92. The molecule has 7 heteroatoms. The van der Waals surface area contributed by atoms with Gasteiger partial charge in [-0.25, -0.2) is 0 Å². The van der Waals surface area contributed by atoms with Gasteiger partial charge < -0.3 is 9.84 Å². The Labute approximate surface area is 139 Å². The van der Waals surface area contributed by atoms with Crippen LogP contribution in [0.25, 0.3) is 5.65 Å². The van der Waals surface area contributed by atoms with E-state index in [4.69, 9.17) is 27.9 Å². The van der Waals surface area contributed by atoms with Crippen LogP contribution < -0.4 is 4.74 Å². The zero-order chi connectivity index (χ0) is 15.0. The van der Waals surface area contributed by atoms with Gasteiger partial charge in [0.1, 0.15) is 17.1 Å². The van der Waals surface area contributed by atoms with E-state index in [1.807, 2.05) is 18.2 Å². The van der Waals surface area contributed by atoms with Crippen molar-refractivity contribution < 1.29 is 9.84 Å². The van der Waals surface area contributed by atoms with Gasteiger partial charge in [0, 0.05) is 16.7 Å².